The molecule has 98 valence electrons. The number of nitrogens with zero attached hydrogens (tertiary/aromatic N) is 1. The van der Waals surface area contributed by atoms with Crippen molar-refractivity contribution < 1.29 is 14.3 Å². The van der Waals surface area contributed by atoms with Gasteiger partial charge in [0, 0.05) is 25.2 Å². The van der Waals surface area contributed by atoms with E-state index in [0.717, 1.165) is 6.29 Å². The van der Waals surface area contributed by atoms with Crippen LogP contribution in [0, 0.1) is 5.82 Å². The van der Waals surface area contributed by atoms with Crippen LogP contribution in [0.1, 0.15) is 23.2 Å². The monoisotopic (exact) mass is 252 g/mol. The van der Waals surface area contributed by atoms with Crippen LogP contribution in [0.4, 0.5) is 10.1 Å². The minimum absolute atomic E-state index is 0.227. The number of hydrogen-bond acceptors (Lipinski definition) is 4. The van der Waals surface area contributed by atoms with Crippen LogP contribution in [-0.4, -0.2) is 36.6 Å². The van der Waals surface area contributed by atoms with E-state index in [4.69, 9.17) is 5.73 Å². The molecule has 1 aromatic rings. The molecular weight excluding hydrogens is 235 g/mol. The van der Waals surface area contributed by atoms with Crippen LogP contribution in [0.2, 0.25) is 0 Å². The van der Waals surface area contributed by atoms with Gasteiger partial charge in [0.1, 0.15) is 5.82 Å². The fourth-order valence-electron chi connectivity index (χ4n) is 2.26. The van der Waals surface area contributed by atoms with Gasteiger partial charge in [-0.25, -0.2) is 4.39 Å². The summed E-state index contributed by atoms with van der Waals surface area (Å²) in [7, 11) is 0. The summed E-state index contributed by atoms with van der Waals surface area (Å²) >= 11 is 0. The zero-order valence-electron chi connectivity index (χ0n) is 10.1. The molecule has 0 radical (unpaired) electrons. The molecule has 2 rings (SSSR count). The SMILES string of the molecule is NCC1(O)CCN(c2cc(F)ccc2C=O)CC1. The Bertz CT molecular complexity index is 443. The van der Waals surface area contributed by atoms with Crippen molar-refractivity contribution in [2.45, 2.75) is 18.4 Å². The first-order valence-electron chi connectivity index (χ1n) is 6.00. The lowest BCUT2D eigenvalue weighted by atomic mass is 9.91. The van der Waals surface area contributed by atoms with Crippen molar-refractivity contribution in [3.8, 4) is 0 Å². The van der Waals surface area contributed by atoms with Gasteiger partial charge in [-0.2, -0.15) is 0 Å². The Morgan fingerprint density at radius 2 is 2.11 bits per heavy atom. The number of hydrogen-bond donors (Lipinski definition) is 2. The van der Waals surface area contributed by atoms with E-state index in [9.17, 15) is 14.3 Å². The standard InChI is InChI=1S/C13H17FN2O2/c14-11-2-1-10(8-17)12(7-11)16-5-3-13(18,9-15)4-6-16/h1-2,7-8,18H,3-6,9,15H2. The first-order chi connectivity index (χ1) is 8.58. The predicted octanol–water partition coefficient (Wildman–Crippen LogP) is 0.928. The maximum atomic E-state index is 13.2. The minimum atomic E-state index is -0.828. The maximum absolute atomic E-state index is 13.2. The third-order valence-electron chi connectivity index (χ3n) is 3.53. The summed E-state index contributed by atoms with van der Waals surface area (Å²) in [6.07, 6.45) is 1.77. The van der Waals surface area contributed by atoms with E-state index in [1.54, 1.807) is 0 Å². The molecule has 1 aliphatic rings. The van der Waals surface area contributed by atoms with Crippen LogP contribution in [0.25, 0.3) is 0 Å². The fraction of sp³-hybridized carbons (Fsp3) is 0.462. The molecule has 3 N–H and O–H groups in total. The lowest BCUT2D eigenvalue weighted by Gasteiger charge is -2.39. The molecule has 1 fully saturated rings. The Balaban J connectivity index is 2.19. The van der Waals surface area contributed by atoms with Crippen LogP contribution in [0.3, 0.4) is 0 Å². The molecule has 0 spiro atoms. The van der Waals surface area contributed by atoms with Gasteiger partial charge < -0.3 is 15.7 Å². The Morgan fingerprint density at radius 1 is 1.44 bits per heavy atom. The Hall–Kier alpha value is -1.46. The van der Waals surface area contributed by atoms with Gasteiger partial charge in [-0.05, 0) is 31.0 Å². The highest BCUT2D eigenvalue weighted by Gasteiger charge is 2.31. The lowest BCUT2D eigenvalue weighted by Crippen LogP contribution is -2.49. The maximum Gasteiger partial charge on any atom is 0.152 e. The average Bonchev–Trinajstić information content (AvgIpc) is 2.39. The molecule has 0 bridgehead atoms. The van der Waals surface area contributed by atoms with E-state index in [2.05, 4.69) is 0 Å². The highest BCUT2D eigenvalue weighted by Crippen LogP contribution is 2.28. The number of halogens is 1. The zero-order chi connectivity index (χ0) is 13.2. The van der Waals surface area contributed by atoms with Gasteiger partial charge in [0.15, 0.2) is 6.29 Å². The first kappa shape index (κ1) is 13.0. The molecule has 0 aromatic heterocycles. The van der Waals surface area contributed by atoms with Crippen LogP contribution >= 0.6 is 0 Å². The number of carbonyl (C=O) groups is 1. The second-order valence-corrected chi connectivity index (χ2v) is 4.74. The van der Waals surface area contributed by atoms with Crippen molar-refractivity contribution in [1.29, 1.82) is 0 Å². The molecule has 1 saturated heterocycles. The normalized spacial score (nSPS) is 18.7. The Kier molecular flexibility index (Phi) is 3.63. The van der Waals surface area contributed by atoms with E-state index in [1.165, 1.54) is 18.2 Å². The predicted molar refractivity (Wildman–Crippen MR) is 67.2 cm³/mol. The van der Waals surface area contributed by atoms with E-state index in [0.29, 0.717) is 37.2 Å². The Labute approximate surface area is 105 Å². The summed E-state index contributed by atoms with van der Waals surface area (Å²) in [5.41, 5.74) is 5.74. The lowest BCUT2D eigenvalue weighted by molar-refractivity contribution is 0.0250. The van der Waals surface area contributed by atoms with Gasteiger partial charge in [0.25, 0.3) is 0 Å². The van der Waals surface area contributed by atoms with Crippen LogP contribution < -0.4 is 10.6 Å². The zero-order valence-corrected chi connectivity index (χ0v) is 10.1. The highest BCUT2D eigenvalue weighted by atomic mass is 19.1. The molecule has 18 heavy (non-hydrogen) atoms. The van der Waals surface area contributed by atoms with Gasteiger partial charge in [-0.1, -0.05) is 0 Å². The van der Waals surface area contributed by atoms with Crippen molar-refractivity contribution in [2.24, 2.45) is 5.73 Å². The smallest absolute Gasteiger partial charge is 0.152 e. The summed E-state index contributed by atoms with van der Waals surface area (Å²) < 4.78 is 13.2. The van der Waals surface area contributed by atoms with Crippen molar-refractivity contribution in [3.05, 3.63) is 29.6 Å². The fourth-order valence-corrected chi connectivity index (χ4v) is 2.26. The van der Waals surface area contributed by atoms with Crippen LogP contribution in [0.15, 0.2) is 18.2 Å². The van der Waals surface area contributed by atoms with Gasteiger partial charge in [-0.3, -0.25) is 4.79 Å². The number of benzene rings is 1. The van der Waals surface area contributed by atoms with Crippen molar-refractivity contribution >= 4 is 12.0 Å². The minimum Gasteiger partial charge on any atom is -0.388 e. The number of anilines is 1. The molecule has 0 aliphatic carbocycles. The molecule has 1 aliphatic heterocycles. The molecule has 1 heterocycles. The van der Waals surface area contributed by atoms with E-state index in [1.807, 2.05) is 4.90 Å². The molecule has 0 amide bonds. The van der Waals surface area contributed by atoms with Crippen molar-refractivity contribution in [1.82, 2.24) is 0 Å². The molecule has 4 nitrogen and oxygen atoms in total. The molecule has 1 aromatic carbocycles. The first-order valence-corrected chi connectivity index (χ1v) is 6.00. The van der Waals surface area contributed by atoms with E-state index < -0.39 is 5.60 Å². The molecule has 0 unspecified atom stereocenters. The third-order valence-corrected chi connectivity index (χ3v) is 3.53. The summed E-state index contributed by atoms with van der Waals surface area (Å²) in [4.78, 5) is 12.9. The van der Waals surface area contributed by atoms with Gasteiger partial charge in [0.05, 0.1) is 11.3 Å². The summed E-state index contributed by atoms with van der Waals surface area (Å²) in [6.45, 7) is 1.36. The van der Waals surface area contributed by atoms with Crippen molar-refractivity contribution in [2.75, 3.05) is 24.5 Å². The second kappa shape index (κ2) is 5.04. The number of piperidine rings is 1. The topological polar surface area (TPSA) is 66.6 Å². The van der Waals surface area contributed by atoms with Crippen LogP contribution in [0.5, 0.6) is 0 Å². The van der Waals surface area contributed by atoms with Gasteiger partial charge in [-0.15, -0.1) is 0 Å². The molecular formula is C13H17FN2O2. The van der Waals surface area contributed by atoms with Gasteiger partial charge >= 0.3 is 0 Å². The molecule has 0 saturated carbocycles. The number of rotatable bonds is 3. The summed E-state index contributed by atoms with van der Waals surface area (Å²) in [5, 5.41) is 10.0. The quantitative estimate of drug-likeness (QED) is 0.785. The number of nitrogens with two attached hydrogens (primary N) is 1. The average molecular weight is 252 g/mol. The molecule has 5 heteroatoms. The third kappa shape index (κ3) is 2.52. The van der Waals surface area contributed by atoms with Crippen molar-refractivity contribution in [3.63, 3.8) is 0 Å². The van der Waals surface area contributed by atoms with E-state index >= 15 is 0 Å². The van der Waals surface area contributed by atoms with E-state index in [-0.39, 0.29) is 12.4 Å². The molecule has 0 atom stereocenters. The van der Waals surface area contributed by atoms with Crippen LogP contribution in [-0.2, 0) is 0 Å². The Morgan fingerprint density at radius 3 is 2.67 bits per heavy atom. The number of aliphatic hydroxyl groups is 1. The summed E-state index contributed by atoms with van der Waals surface area (Å²) in [5.74, 6) is -0.365. The number of aldehydes is 1. The second-order valence-electron chi connectivity index (χ2n) is 4.74. The highest BCUT2D eigenvalue weighted by molar-refractivity contribution is 5.84. The van der Waals surface area contributed by atoms with Gasteiger partial charge in [0.2, 0.25) is 0 Å². The number of carbonyl (C=O) groups excluding carboxylic acids is 1. The largest absolute Gasteiger partial charge is 0.388 e. The summed E-state index contributed by atoms with van der Waals surface area (Å²) in [6, 6.07) is 4.10.